The van der Waals surface area contributed by atoms with Crippen LogP contribution in [0.2, 0.25) is 0 Å². The predicted molar refractivity (Wildman–Crippen MR) is 122 cm³/mol. The summed E-state index contributed by atoms with van der Waals surface area (Å²) in [7, 11) is 0. The fraction of sp³-hybridized carbons (Fsp3) is 0.296. The van der Waals surface area contributed by atoms with Crippen LogP contribution in [0.3, 0.4) is 0 Å². The quantitative estimate of drug-likeness (QED) is 0.553. The number of hydrogen-bond acceptors (Lipinski definition) is 5. The second-order valence-corrected chi connectivity index (χ2v) is 9.17. The fourth-order valence-electron chi connectivity index (χ4n) is 5.43. The molecule has 0 N–H and O–H groups in total. The average Bonchev–Trinajstić information content (AvgIpc) is 2.81. The van der Waals surface area contributed by atoms with Gasteiger partial charge in [0.05, 0.1) is 17.0 Å². The van der Waals surface area contributed by atoms with Gasteiger partial charge in [0, 0.05) is 39.9 Å². The number of nitriles is 1. The van der Waals surface area contributed by atoms with Crippen molar-refractivity contribution in [2.75, 3.05) is 0 Å². The van der Waals surface area contributed by atoms with Gasteiger partial charge in [0.15, 0.2) is 11.6 Å². The number of aromatic nitrogens is 3. The van der Waals surface area contributed by atoms with E-state index in [0.717, 1.165) is 40.2 Å². The highest BCUT2D eigenvalue weighted by Gasteiger charge is 2.49. The van der Waals surface area contributed by atoms with E-state index in [-0.39, 0.29) is 29.0 Å². The molecule has 5 nitrogen and oxygen atoms in total. The molecule has 0 fully saturated rings. The summed E-state index contributed by atoms with van der Waals surface area (Å²) in [4.78, 5) is 27.0. The number of carbonyl (C=O) groups is 1. The molecule has 5 rings (SSSR count). The maximum Gasteiger partial charge on any atom is 0.176 e. The van der Waals surface area contributed by atoms with Gasteiger partial charge in [-0.15, -0.1) is 0 Å². The summed E-state index contributed by atoms with van der Waals surface area (Å²) in [5.41, 5.74) is 4.70. The predicted octanol–water partition coefficient (Wildman–Crippen LogP) is 5.14. The molecule has 0 bridgehead atoms. The fourth-order valence-corrected chi connectivity index (χ4v) is 5.43. The molecule has 0 unspecified atom stereocenters. The van der Waals surface area contributed by atoms with Gasteiger partial charge in [0.25, 0.3) is 0 Å². The topological polar surface area (TPSA) is 79.5 Å². The van der Waals surface area contributed by atoms with Crippen LogP contribution in [0.5, 0.6) is 0 Å². The van der Waals surface area contributed by atoms with Crippen molar-refractivity contribution in [1.29, 1.82) is 5.26 Å². The zero-order chi connectivity index (χ0) is 23.3. The molecule has 0 saturated carbocycles. The summed E-state index contributed by atoms with van der Waals surface area (Å²) in [6.45, 7) is 5.89. The molecular formula is C27H23FN4O. The number of pyridine rings is 1. The Bertz CT molecular complexity index is 1360. The van der Waals surface area contributed by atoms with Crippen LogP contribution in [0.4, 0.5) is 4.39 Å². The molecule has 0 radical (unpaired) electrons. The SMILES string of the molecule is Cc1cc(-c2nc(-c3ccc(F)cc3)c3c(n2)[C@]2(C)C=C(C#N)C(=O)[C@H](C)[C@H]2CC3)ccn1. The maximum absolute atomic E-state index is 13.7. The molecule has 2 aliphatic carbocycles. The van der Waals surface area contributed by atoms with E-state index >= 15 is 0 Å². The van der Waals surface area contributed by atoms with E-state index in [1.165, 1.54) is 12.1 Å². The minimum atomic E-state index is -0.583. The summed E-state index contributed by atoms with van der Waals surface area (Å²) in [6.07, 6.45) is 5.04. The highest BCUT2D eigenvalue weighted by atomic mass is 19.1. The van der Waals surface area contributed by atoms with Crippen LogP contribution >= 0.6 is 0 Å². The van der Waals surface area contributed by atoms with E-state index in [4.69, 9.17) is 9.97 Å². The van der Waals surface area contributed by atoms with E-state index in [9.17, 15) is 14.4 Å². The van der Waals surface area contributed by atoms with E-state index in [2.05, 4.69) is 18.0 Å². The van der Waals surface area contributed by atoms with Crippen molar-refractivity contribution in [3.8, 4) is 28.7 Å². The van der Waals surface area contributed by atoms with Gasteiger partial charge in [-0.25, -0.2) is 14.4 Å². The number of aryl methyl sites for hydroxylation is 1. The largest absolute Gasteiger partial charge is 0.293 e. The molecule has 33 heavy (non-hydrogen) atoms. The lowest BCUT2D eigenvalue weighted by Crippen LogP contribution is -2.46. The second kappa shape index (κ2) is 7.70. The van der Waals surface area contributed by atoms with Crippen molar-refractivity contribution >= 4 is 5.78 Å². The van der Waals surface area contributed by atoms with E-state index in [1.54, 1.807) is 24.4 Å². The van der Waals surface area contributed by atoms with E-state index in [0.29, 0.717) is 12.2 Å². The Kier molecular flexibility index (Phi) is 4.93. The molecule has 3 aromatic rings. The van der Waals surface area contributed by atoms with Gasteiger partial charge in [-0.05, 0) is 62.1 Å². The van der Waals surface area contributed by atoms with Crippen molar-refractivity contribution in [2.24, 2.45) is 11.8 Å². The third-order valence-corrected chi connectivity index (χ3v) is 7.11. The van der Waals surface area contributed by atoms with Crippen LogP contribution in [-0.4, -0.2) is 20.7 Å². The second-order valence-electron chi connectivity index (χ2n) is 9.17. The molecule has 0 aliphatic heterocycles. The number of benzene rings is 1. The van der Waals surface area contributed by atoms with Gasteiger partial charge in [0.2, 0.25) is 0 Å². The van der Waals surface area contributed by atoms with E-state index in [1.807, 2.05) is 26.0 Å². The van der Waals surface area contributed by atoms with Gasteiger partial charge in [-0.3, -0.25) is 9.78 Å². The molecule has 0 amide bonds. The monoisotopic (exact) mass is 438 g/mol. The summed E-state index contributed by atoms with van der Waals surface area (Å²) >= 11 is 0. The first kappa shape index (κ1) is 21.1. The summed E-state index contributed by atoms with van der Waals surface area (Å²) in [5.74, 6) is -0.0747. The lowest BCUT2D eigenvalue weighted by atomic mass is 9.57. The number of allylic oxidation sites excluding steroid dienone is 2. The number of ketones is 1. The normalized spacial score (nSPS) is 23.8. The summed E-state index contributed by atoms with van der Waals surface area (Å²) in [5, 5.41) is 9.64. The van der Waals surface area contributed by atoms with Gasteiger partial charge >= 0.3 is 0 Å². The number of hydrogen-bond donors (Lipinski definition) is 0. The standard InChI is InChI=1S/C27H23FN4O/c1-15-12-18(10-11-30-15)26-31-23(17-4-6-20(28)7-5-17)21-8-9-22-16(2)24(33)19(14-29)13-27(22,3)25(21)32-26/h4-7,10-13,16,22H,8-9H2,1-3H3/t16-,22-,27-/m1/s1. The van der Waals surface area contributed by atoms with Crippen LogP contribution in [0, 0.1) is 35.9 Å². The number of carbonyl (C=O) groups excluding carboxylic acids is 1. The van der Waals surface area contributed by atoms with Crippen molar-refractivity contribution in [3.63, 3.8) is 0 Å². The molecule has 2 heterocycles. The van der Waals surface area contributed by atoms with Crippen molar-refractivity contribution in [3.05, 3.63) is 77.0 Å². The lowest BCUT2D eigenvalue weighted by Gasteiger charge is -2.45. The highest BCUT2D eigenvalue weighted by molar-refractivity contribution is 6.02. The van der Waals surface area contributed by atoms with Crippen LogP contribution in [-0.2, 0) is 16.6 Å². The number of rotatable bonds is 2. The first-order valence-electron chi connectivity index (χ1n) is 11.1. The highest BCUT2D eigenvalue weighted by Crippen LogP contribution is 2.50. The third-order valence-electron chi connectivity index (χ3n) is 7.11. The Hall–Kier alpha value is -3.72. The molecule has 0 spiro atoms. The number of fused-ring (bicyclic) bond motifs is 3. The molecule has 2 aliphatic rings. The van der Waals surface area contributed by atoms with Crippen LogP contribution in [0.1, 0.15) is 37.2 Å². The number of halogens is 1. The van der Waals surface area contributed by atoms with Gasteiger partial charge in [-0.2, -0.15) is 5.26 Å². The maximum atomic E-state index is 13.7. The Morgan fingerprint density at radius 2 is 1.91 bits per heavy atom. The first-order valence-corrected chi connectivity index (χ1v) is 11.1. The summed E-state index contributed by atoms with van der Waals surface area (Å²) < 4.78 is 13.7. The van der Waals surface area contributed by atoms with E-state index < -0.39 is 5.41 Å². The average molecular weight is 439 g/mol. The molecule has 1 aromatic carbocycles. The molecule has 164 valence electrons. The Morgan fingerprint density at radius 1 is 1.15 bits per heavy atom. The number of Topliss-reactive ketones (excluding diaryl/α,β-unsaturated/α-hetero) is 1. The number of nitrogens with zero attached hydrogens (tertiary/aromatic N) is 4. The minimum absolute atomic E-state index is 0.0394. The molecule has 0 saturated heterocycles. The Labute approximate surface area is 192 Å². The minimum Gasteiger partial charge on any atom is -0.293 e. The van der Waals surface area contributed by atoms with Gasteiger partial charge in [0.1, 0.15) is 11.9 Å². The zero-order valence-electron chi connectivity index (χ0n) is 18.8. The van der Waals surface area contributed by atoms with Crippen LogP contribution < -0.4 is 0 Å². The molecular weight excluding hydrogens is 415 g/mol. The van der Waals surface area contributed by atoms with Crippen molar-refractivity contribution < 1.29 is 9.18 Å². The molecule has 6 heteroatoms. The van der Waals surface area contributed by atoms with Crippen molar-refractivity contribution in [1.82, 2.24) is 15.0 Å². The van der Waals surface area contributed by atoms with Crippen molar-refractivity contribution in [2.45, 2.75) is 39.0 Å². The molecule has 2 aromatic heterocycles. The summed E-state index contributed by atoms with van der Waals surface area (Å²) in [6, 6.07) is 12.2. The Morgan fingerprint density at radius 3 is 2.61 bits per heavy atom. The van der Waals surface area contributed by atoms with Gasteiger partial charge in [-0.1, -0.05) is 19.9 Å². The molecule has 3 atom stereocenters. The third kappa shape index (κ3) is 3.36. The van der Waals surface area contributed by atoms with Gasteiger partial charge < -0.3 is 0 Å². The van der Waals surface area contributed by atoms with Crippen LogP contribution in [0.15, 0.2) is 54.2 Å². The first-order chi connectivity index (χ1) is 15.8. The zero-order valence-corrected chi connectivity index (χ0v) is 18.8. The lowest BCUT2D eigenvalue weighted by molar-refractivity contribution is -0.121. The Balaban J connectivity index is 1.81. The van der Waals surface area contributed by atoms with Crippen LogP contribution in [0.25, 0.3) is 22.6 Å². The smallest absolute Gasteiger partial charge is 0.176 e.